The van der Waals surface area contributed by atoms with Gasteiger partial charge in [-0.2, -0.15) is 4.80 Å². The molecule has 0 amide bonds. The highest BCUT2D eigenvalue weighted by Gasteiger charge is 2.28. The van der Waals surface area contributed by atoms with Crippen molar-refractivity contribution in [1.29, 1.82) is 0 Å². The summed E-state index contributed by atoms with van der Waals surface area (Å²) >= 11 is 0. The lowest BCUT2D eigenvalue weighted by Gasteiger charge is -2.27. The van der Waals surface area contributed by atoms with Gasteiger partial charge in [0.15, 0.2) is 0 Å². The number of pyridine rings is 1. The molecule has 206 valence electrons. The average Bonchev–Trinajstić information content (AvgIpc) is 3.52. The zero-order chi connectivity index (χ0) is 27.1. The summed E-state index contributed by atoms with van der Waals surface area (Å²) in [5, 5.41) is 31.2. The van der Waals surface area contributed by atoms with Crippen LogP contribution in [0.15, 0.2) is 12.1 Å². The minimum absolute atomic E-state index is 0.120. The number of aromatic nitrogens is 8. The van der Waals surface area contributed by atoms with Gasteiger partial charge in [0.2, 0.25) is 0 Å². The van der Waals surface area contributed by atoms with Gasteiger partial charge in [-0.15, -0.1) is 10.2 Å². The van der Waals surface area contributed by atoms with Crippen LogP contribution >= 0.6 is 0 Å². The van der Waals surface area contributed by atoms with E-state index in [1.54, 1.807) is 9.48 Å². The zero-order valence-electron chi connectivity index (χ0n) is 22.9. The van der Waals surface area contributed by atoms with Gasteiger partial charge in [0.1, 0.15) is 18.0 Å². The summed E-state index contributed by atoms with van der Waals surface area (Å²) in [6.07, 6.45) is 7.19. The Labute approximate surface area is 223 Å². The number of rotatable bonds is 13. The first-order chi connectivity index (χ1) is 18.4. The molecule has 12 heteroatoms. The van der Waals surface area contributed by atoms with Gasteiger partial charge in [0.25, 0.3) is 5.95 Å². The van der Waals surface area contributed by atoms with E-state index >= 15 is 0 Å². The van der Waals surface area contributed by atoms with Crippen LogP contribution in [0, 0.1) is 12.8 Å². The van der Waals surface area contributed by atoms with Crippen LogP contribution < -0.4 is 9.64 Å². The molecular weight excluding hydrogens is 486 g/mol. The molecule has 0 aliphatic heterocycles. The van der Waals surface area contributed by atoms with E-state index in [2.05, 4.69) is 44.5 Å². The molecule has 0 aromatic carbocycles. The quantitative estimate of drug-likeness (QED) is 0.352. The van der Waals surface area contributed by atoms with E-state index in [9.17, 15) is 9.90 Å². The lowest BCUT2D eigenvalue weighted by atomic mass is 9.87. The third-order valence-corrected chi connectivity index (χ3v) is 7.07. The monoisotopic (exact) mass is 525 g/mol. The van der Waals surface area contributed by atoms with Crippen LogP contribution in [0.4, 0.5) is 5.95 Å². The van der Waals surface area contributed by atoms with E-state index in [0.717, 1.165) is 63.0 Å². The van der Waals surface area contributed by atoms with Crippen molar-refractivity contribution < 1.29 is 14.6 Å². The standard InChI is InChI=1S/C26H39N9O3/c1-5-7-14-34(15-8-6-2)26-29-32-35(30-26)17-22-24(28-31-33(22)4)21-12-13-23(18(3)27-21)38-20-11-9-10-19(16-20)25(36)37/h12-13,19-20H,5-11,14-17H2,1-4H3,(H,36,37)/t19-,20-/m0/s1. The molecule has 1 saturated carbocycles. The third-order valence-electron chi connectivity index (χ3n) is 7.07. The van der Waals surface area contributed by atoms with Crippen LogP contribution in [-0.2, 0) is 18.4 Å². The molecular formula is C26H39N9O3. The summed E-state index contributed by atoms with van der Waals surface area (Å²) < 4.78 is 7.87. The molecule has 0 saturated heterocycles. The molecule has 2 atom stereocenters. The van der Waals surface area contributed by atoms with Gasteiger partial charge < -0.3 is 14.7 Å². The van der Waals surface area contributed by atoms with Crippen molar-refractivity contribution >= 4 is 11.9 Å². The number of nitrogens with zero attached hydrogens (tertiary/aromatic N) is 9. The van der Waals surface area contributed by atoms with Crippen molar-refractivity contribution in [3.63, 3.8) is 0 Å². The maximum atomic E-state index is 11.4. The maximum absolute atomic E-state index is 11.4. The minimum Gasteiger partial charge on any atom is -0.489 e. The Morgan fingerprint density at radius 3 is 2.58 bits per heavy atom. The SMILES string of the molecule is CCCCN(CCCC)c1nnn(Cc2c(-c3ccc(O[C@H]4CCC[C@H](C(=O)O)C4)c(C)n3)nnn2C)n1. The molecule has 38 heavy (non-hydrogen) atoms. The first-order valence-corrected chi connectivity index (χ1v) is 13.7. The van der Waals surface area contributed by atoms with Crippen LogP contribution in [0.5, 0.6) is 5.75 Å². The molecule has 12 nitrogen and oxygen atoms in total. The van der Waals surface area contributed by atoms with E-state index in [0.29, 0.717) is 42.5 Å². The molecule has 0 bridgehead atoms. The van der Waals surface area contributed by atoms with Gasteiger partial charge >= 0.3 is 5.97 Å². The Hall–Kier alpha value is -3.57. The predicted octanol–water partition coefficient (Wildman–Crippen LogP) is 3.65. The second-order valence-corrected chi connectivity index (χ2v) is 10.0. The van der Waals surface area contributed by atoms with E-state index in [1.807, 2.05) is 26.1 Å². The summed E-state index contributed by atoms with van der Waals surface area (Å²) in [5.41, 5.74) is 2.87. The number of anilines is 1. The molecule has 1 aliphatic rings. The highest BCUT2D eigenvalue weighted by Crippen LogP contribution is 2.30. The Bertz CT molecular complexity index is 1200. The number of carboxylic acid groups (broad SMARTS) is 1. The first-order valence-electron chi connectivity index (χ1n) is 13.7. The van der Waals surface area contributed by atoms with Crippen LogP contribution in [0.1, 0.15) is 76.6 Å². The second-order valence-electron chi connectivity index (χ2n) is 10.0. The van der Waals surface area contributed by atoms with E-state index < -0.39 is 5.97 Å². The molecule has 0 radical (unpaired) electrons. The maximum Gasteiger partial charge on any atom is 0.306 e. The number of ether oxygens (including phenoxy) is 1. The largest absolute Gasteiger partial charge is 0.489 e. The highest BCUT2D eigenvalue weighted by molar-refractivity contribution is 5.70. The molecule has 1 aliphatic carbocycles. The number of carbonyl (C=O) groups is 1. The number of aliphatic carboxylic acids is 1. The second kappa shape index (κ2) is 12.8. The Kier molecular flexibility index (Phi) is 9.24. The van der Waals surface area contributed by atoms with Crippen LogP contribution in [-0.4, -0.2) is 70.5 Å². The van der Waals surface area contributed by atoms with Crippen molar-refractivity contribution in [2.24, 2.45) is 13.0 Å². The smallest absolute Gasteiger partial charge is 0.306 e. The van der Waals surface area contributed by atoms with E-state index in [4.69, 9.17) is 9.72 Å². The molecule has 4 rings (SSSR count). The fourth-order valence-corrected chi connectivity index (χ4v) is 4.79. The summed E-state index contributed by atoms with van der Waals surface area (Å²) in [4.78, 5) is 19.9. The van der Waals surface area contributed by atoms with E-state index in [1.165, 1.54) is 0 Å². The fourth-order valence-electron chi connectivity index (χ4n) is 4.79. The summed E-state index contributed by atoms with van der Waals surface area (Å²) in [5.74, 6) is 0.214. The summed E-state index contributed by atoms with van der Waals surface area (Å²) in [6.45, 7) is 8.43. The van der Waals surface area contributed by atoms with Crippen molar-refractivity contribution in [3.8, 4) is 17.1 Å². The fraction of sp³-hybridized carbons (Fsp3) is 0.654. The van der Waals surface area contributed by atoms with Crippen LogP contribution in [0.25, 0.3) is 11.4 Å². The molecule has 1 fully saturated rings. The van der Waals surface area contributed by atoms with Crippen molar-refractivity contribution in [1.82, 2.24) is 40.2 Å². The topological polar surface area (TPSA) is 137 Å². The molecule has 0 unspecified atom stereocenters. The normalized spacial score (nSPS) is 17.5. The number of unbranched alkanes of at least 4 members (excludes halogenated alkanes) is 2. The Balaban J connectivity index is 1.48. The Morgan fingerprint density at radius 1 is 1.13 bits per heavy atom. The predicted molar refractivity (Wildman–Crippen MR) is 142 cm³/mol. The molecule has 3 aromatic rings. The highest BCUT2D eigenvalue weighted by atomic mass is 16.5. The third kappa shape index (κ3) is 6.65. The lowest BCUT2D eigenvalue weighted by molar-refractivity contribution is -0.143. The molecule has 3 heterocycles. The van der Waals surface area contributed by atoms with Crippen LogP contribution in [0.3, 0.4) is 0 Å². The van der Waals surface area contributed by atoms with Gasteiger partial charge in [-0.1, -0.05) is 37.0 Å². The average molecular weight is 526 g/mol. The van der Waals surface area contributed by atoms with Crippen molar-refractivity contribution in [2.45, 2.75) is 84.8 Å². The number of tetrazole rings is 1. The zero-order valence-corrected chi connectivity index (χ0v) is 22.9. The van der Waals surface area contributed by atoms with Gasteiger partial charge in [-0.05, 0) is 62.8 Å². The van der Waals surface area contributed by atoms with Crippen molar-refractivity contribution in [3.05, 3.63) is 23.5 Å². The van der Waals surface area contributed by atoms with Gasteiger partial charge in [0.05, 0.1) is 29.1 Å². The molecule has 1 N–H and O–H groups in total. The number of carboxylic acids is 1. The lowest BCUT2D eigenvalue weighted by Crippen LogP contribution is -2.29. The van der Waals surface area contributed by atoms with Crippen LogP contribution in [0.2, 0.25) is 0 Å². The number of aryl methyl sites for hydroxylation is 2. The van der Waals surface area contributed by atoms with Gasteiger partial charge in [0, 0.05) is 20.1 Å². The summed E-state index contributed by atoms with van der Waals surface area (Å²) in [7, 11) is 1.84. The van der Waals surface area contributed by atoms with E-state index in [-0.39, 0.29) is 12.0 Å². The first kappa shape index (κ1) is 27.5. The number of hydrogen-bond donors (Lipinski definition) is 1. The Morgan fingerprint density at radius 2 is 1.89 bits per heavy atom. The molecule has 0 spiro atoms. The minimum atomic E-state index is -0.748. The number of hydrogen-bond acceptors (Lipinski definition) is 9. The van der Waals surface area contributed by atoms with Crippen molar-refractivity contribution in [2.75, 3.05) is 18.0 Å². The van der Waals surface area contributed by atoms with Gasteiger partial charge in [-0.3, -0.25) is 4.79 Å². The molecule has 3 aromatic heterocycles. The summed E-state index contributed by atoms with van der Waals surface area (Å²) in [6, 6.07) is 3.75. The van der Waals surface area contributed by atoms with Gasteiger partial charge in [-0.25, -0.2) is 9.67 Å².